The number of nitrogens with zero attached hydrogens (tertiary/aromatic N) is 1. The first-order valence-corrected chi connectivity index (χ1v) is 5.91. The predicted octanol–water partition coefficient (Wildman–Crippen LogP) is 2.65. The van der Waals surface area contributed by atoms with Gasteiger partial charge in [0.25, 0.3) is 0 Å². The van der Waals surface area contributed by atoms with Crippen molar-refractivity contribution in [2.24, 2.45) is 5.92 Å². The molecule has 84 valence electrons. The van der Waals surface area contributed by atoms with Crippen LogP contribution in [0.5, 0.6) is 0 Å². The van der Waals surface area contributed by atoms with Crippen molar-refractivity contribution in [1.29, 1.82) is 0 Å². The zero-order valence-electron chi connectivity index (χ0n) is 9.62. The van der Waals surface area contributed by atoms with E-state index >= 15 is 0 Å². The fourth-order valence-corrected chi connectivity index (χ4v) is 2.39. The lowest BCUT2D eigenvalue weighted by Gasteiger charge is -2.19. The van der Waals surface area contributed by atoms with Crippen molar-refractivity contribution in [2.75, 3.05) is 0 Å². The van der Waals surface area contributed by atoms with E-state index in [0.29, 0.717) is 6.04 Å². The van der Waals surface area contributed by atoms with Crippen molar-refractivity contribution >= 4 is 0 Å². The Balaban J connectivity index is 1.77. The summed E-state index contributed by atoms with van der Waals surface area (Å²) in [6.45, 7) is 5.04. The van der Waals surface area contributed by atoms with Crippen molar-refractivity contribution in [2.45, 2.75) is 52.1 Å². The fraction of sp³-hybridized carbons (Fsp3) is 0.750. The molecule has 1 unspecified atom stereocenters. The average molecular weight is 208 g/mol. The lowest BCUT2D eigenvalue weighted by atomic mass is 10.00. The largest absolute Gasteiger partial charge is 0.361 e. The van der Waals surface area contributed by atoms with Gasteiger partial charge in [-0.2, -0.15) is 0 Å². The van der Waals surface area contributed by atoms with Crippen molar-refractivity contribution in [1.82, 2.24) is 10.5 Å². The molecule has 1 atom stereocenters. The summed E-state index contributed by atoms with van der Waals surface area (Å²) < 4.78 is 5.03. The second kappa shape index (κ2) is 4.79. The summed E-state index contributed by atoms with van der Waals surface area (Å²) in [6, 6.07) is 2.60. The van der Waals surface area contributed by atoms with Gasteiger partial charge in [-0.3, -0.25) is 0 Å². The molecule has 1 fully saturated rings. The molecule has 0 radical (unpaired) electrons. The first-order valence-electron chi connectivity index (χ1n) is 5.91. The van der Waals surface area contributed by atoms with Gasteiger partial charge in [0.1, 0.15) is 5.76 Å². The zero-order valence-corrected chi connectivity index (χ0v) is 9.62. The maximum atomic E-state index is 5.03. The fourth-order valence-electron chi connectivity index (χ4n) is 2.39. The molecule has 3 heteroatoms. The summed E-state index contributed by atoms with van der Waals surface area (Å²) in [7, 11) is 0. The Kier molecular flexibility index (Phi) is 3.41. The number of aromatic nitrogens is 1. The van der Waals surface area contributed by atoms with Gasteiger partial charge >= 0.3 is 0 Å². The third-order valence-electron chi connectivity index (χ3n) is 3.39. The highest BCUT2D eigenvalue weighted by atomic mass is 16.5. The standard InChI is InChI=1S/C12H20N2O/c1-9-7-12(14-15-9)8-13-10(2)11-5-3-4-6-11/h7,10-11,13H,3-6,8H2,1-2H3. The SMILES string of the molecule is Cc1cc(CNC(C)C2CCCC2)no1. The summed E-state index contributed by atoms with van der Waals surface area (Å²) in [5.74, 6) is 1.75. The minimum absolute atomic E-state index is 0.601. The molecule has 1 aliphatic rings. The lowest BCUT2D eigenvalue weighted by molar-refractivity contribution is 0.362. The van der Waals surface area contributed by atoms with Gasteiger partial charge in [-0.25, -0.2) is 0 Å². The molecule has 1 N–H and O–H groups in total. The Morgan fingerprint density at radius 1 is 1.53 bits per heavy atom. The van der Waals surface area contributed by atoms with Crippen LogP contribution in [0.3, 0.4) is 0 Å². The van der Waals surface area contributed by atoms with Crippen LogP contribution in [-0.2, 0) is 6.54 Å². The highest BCUT2D eigenvalue weighted by molar-refractivity contribution is 5.03. The van der Waals surface area contributed by atoms with Gasteiger partial charge in [0, 0.05) is 18.7 Å². The highest BCUT2D eigenvalue weighted by Gasteiger charge is 2.21. The van der Waals surface area contributed by atoms with Crippen molar-refractivity contribution in [3.8, 4) is 0 Å². The van der Waals surface area contributed by atoms with Crippen molar-refractivity contribution in [3.05, 3.63) is 17.5 Å². The summed E-state index contributed by atoms with van der Waals surface area (Å²) in [5, 5.41) is 7.51. The molecular weight excluding hydrogens is 188 g/mol. The molecule has 1 aliphatic carbocycles. The summed E-state index contributed by atoms with van der Waals surface area (Å²) in [5.41, 5.74) is 1.01. The zero-order chi connectivity index (χ0) is 10.7. The second-order valence-corrected chi connectivity index (χ2v) is 4.64. The maximum Gasteiger partial charge on any atom is 0.133 e. The van der Waals surface area contributed by atoms with E-state index in [1.165, 1.54) is 25.7 Å². The minimum Gasteiger partial charge on any atom is -0.361 e. The Bertz CT molecular complexity index is 302. The van der Waals surface area contributed by atoms with Crippen LogP contribution in [0.15, 0.2) is 10.6 Å². The molecular formula is C12H20N2O. The monoisotopic (exact) mass is 208 g/mol. The molecule has 15 heavy (non-hydrogen) atoms. The third-order valence-corrected chi connectivity index (χ3v) is 3.39. The van der Waals surface area contributed by atoms with E-state index in [9.17, 15) is 0 Å². The van der Waals surface area contributed by atoms with Crippen molar-refractivity contribution < 1.29 is 4.52 Å². The summed E-state index contributed by atoms with van der Waals surface area (Å²) in [4.78, 5) is 0. The molecule has 0 aliphatic heterocycles. The van der Waals surface area contributed by atoms with Crippen LogP contribution >= 0.6 is 0 Å². The van der Waals surface area contributed by atoms with Crippen LogP contribution in [0.1, 0.15) is 44.1 Å². The van der Waals surface area contributed by atoms with E-state index < -0.39 is 0 Å². The highest BCUT2D eigenvalue weighted by Crippen LogP contribution is 2.27. The van der Waals surface area contributed by atoms with Gasteiger partial charge in [0.2, 0.25) is 0 Å². The van der Waals surface area contributed by atoms with Crippen LogP contribution in [0.25, 0.3) is 0 Å². The molecule has 1 heterocycles. The van der Waals surface area contributed by atoms with E-state index in [1.54, 1.807) is 0 Å². The first kappa shape index (κ1) is 10.7. The summed E-state index contributed by atoms with van der Waals surface area (Å²) >= 11 is 0. The Morgan fingerprint density at radius 3 is 2.87 bits per heavy atom. The van der Waals surface area contributed by atoms with E-state index in [2.05, 4.69) is 17.4 Å². The van der Waals surface area contributed by atoms with E-state index in [0.717, 1.165) is 23.9 Å². The molecule has 1 aromatic heterocycles. The molecule has 1 saturated carbocycles. The van der Waals surface area contributed by atoms with Gasteiger partial charge in [0.15, 0.2) is 0 Å². The molecule has 0 spiro atoms. The smallest absolute Gasteiger partial charge is 0.133 e. The van der Waals surface area contributed by atoms with Crippen LogP contribution < -0.4 is 5.32 Å². The lowest BCUT2D eigenvalue weighted by Crippen LogP contribution is -2.31. The molecule has 2 rings (SSSR count). The second-order valence-electron chi connectivity index (χ2n) is 4.64. The third kappa shape index (κ3) is 2.81. The predicted molar refractivity (Wildman–Crippen MR) is 59.5 cm³/mol. The van der Waals surface area contributed by atoms with Gasteiger partial charge in [-0.1, -0.05) is 18.0 Å². The number of hydrogen-bond acceptors (Lipinski definition) is 3. The quantitative estimate of drug-likeness (QED) is 0.826. The number of hydrogen-bond donors (Lipinski definition) is 1. The Morgan fingerprint density at radius 2 is 2.27 bits per heavy atom. The Labute approximate surface area is 91.2 Å². The van der Waals surface area contributed by atoms with Crippen LogP contribution in [0.2, 0.25) is 0 Å². The molecule has 0 saturated heterocycles. The minimum atomic E-state index is 0.601. The van der Waals surface area contributed by atoms with Gasteiger partial charge in [0.05, 0.1) is 5.69 Å². The molecule has 1 aromatic rings. The molecule has 3 nitrogen and oxygen atoms in total. The number of nitrogens with one attached hydrogen (secondary N) is 1. The molecule has 0 aromatic carbocycles. The average Bonchev–Trinajstić information content (AvgIpc) is 2.84. The Hall–Kier alpha value is -0.830. The normalized spacial score (nSPS) is 19.6. The number of rotatable bonds is 4. The molecule has 0 amide bonds. The molecule has 0 bridgehead atoms. The number of aryl methyl sites for hydroxylation is 1. The van der Waals surface area contributed by atoms with Gasteiger partial charge in [-0.05, 0) is 32.6 Å². The van der Waals surface area contributed by atoms with Gasteiger partial charge < -0.3 is 9.84 Å². The first-order chi connectivity index (χ1) is 7.25. The maximum absolute atomic E-state index is 5.03. The van der Waals surface area contributed by atoms with Crippen LogP contribution in [-0.4, -0.2) is 11.2 Å². The van der Waals surface area contributed by atoms with Gasteiger partial charge in [-0.15, -0.1) is 0 Å². The van der Waals surface area contributed by atoms with E-state index in [4.69, 9.17) is 4.52 Å². The van der Waals surface area contributed by atoms with Crippen LogP contribution in [0, 0.1) is 12.8 Å². The van der Waals surface area contributed by atoms with Crippen LogP contribution in [0.4, 0.5) is 0 Å². The van der Waals surface area contributed by atoms with Crippen molar-refractivity contribution in [3.63, 3.8) is 0 Å². The summed E-state index contributed by atoms with van der Waals surface area (Å²) in [6.07, 6.45) is 5.57. The van der Waals surface area contributed by atoms with E-state index in [1.807, 2.05) is 13.0 Å². The van der Waals surface area contributed by atoms with E-state index in [-0.39, 0.29) is 0 Å². The topological polar surface area (TPSA) is 38.1 Å².